The second-order valence-corrected chi connectivity index (χ2v) is 3.36. The Hall–Kier alpha value is -0.690. The minimum atomic E-state index is -2.22. The maximum absolute atomic E-state index is 10.6. The van der Waals surface area contributed by atoms with Crippen molar-refractivity contribution in [2.45, 2.75) is 37.3 Å². The van der Waals surface area contributed by atoms with E-state index >= 15 is 0 Å². The normalized spacial score (nSPS) is 38.2. The molecule has 0 aliphatic carbocycles. The van der Waals surface area contributed by atoms with E-state index in [1.54, 1.807) is 0 Å². The van der Waals surface area contributed by atoms with Crippen LogP contribution in [0.1, 0.15) is 19.3 Å². The van der Waals surface area contributed by atoms with Crippen molar-refractivity contribution in [1.29, 1.82) is 0 Å². The largest absolute Gasteiger partial charge is 0.477 e. The van der Waals surface area contributed by atoms with Gasteiger partial charge in [0.1, 0.15) is 0 Å². The van der Waals surface area contributed by atoms with Gasteiger partial charge in [-0.05, 0) is 12.8 Å². The zero-order chi connectivity index (χ0) is 10.8. The fraction of sp³-hybridized carbons (Fsp3) is 0.875. The zero-order valence-electron chi connectivity index (χ0n) is 7.59. The van der Waals surface area contributed by atoms with Gasteiger partial charge >= 0.3 is 5.97 Å². The molecular formula is C8H14O6. The first-order chi connectivity index (χ1) is 6.49. The van der Waals surface area contributed by atoms with Crippen LogP contribution in [-0.4, -0.2) is 51.0 Å². The minimum absolute atomic E-state index is 0.108. The van der Waals surface area contributed by atoms with Crippen LogP contribution in [0.5, 0.6) is 0 Å². The van der Waals surface area contributed by atoms with Gasteiger partial charge in [0.25, 0.3) is 5.79 Å². The standard InChI is InChI=1S/C8H14O6/c9-4-2-6-5(10)1-3-8(13,14-6)7(11)12/h5-6,9-10,13H,1-4H2,(H,11,12)/t5-,6-,8?/m0/s1. The second-order valence-electron chi connectivity index (χ2n) is 3.36. The number of carboxylic acids is 1. The topological polar surface area (TPSA) is 107 Å². The number of hydrogen-bond acceptors (Lipinski definition) is 5. The van der Waals surface area contributed by atoms with Gasteiger partial charge in [0.05, 0.1) is 12.2 Å². The number of ether oxygens (including phenoxy) is 1. The summed E-state index contributed by atoms with van der Waals surface area (Å²) in [6.07, 6.45) is -1.55. The van der Waals surface area contributed by atoms with Crippen molar-refractivity contribution in [2.75, 3.05) is 6.61 Å². The van der Waals surface area contributed by atoms with Crippen LogP contribution in [-0.2, 0) is 9.53 Å². The van der Waals surface area contributed by atoms with Gasteiger partial charge in [-0.1, -0.05) is 0 Å². The van der Waals surface area contributed by atoms with E-state index in [-0.39, 0.29) is 25.9 Å². The van der Waals surface area contributed by atoms with Crippen LogP contribution in [0.3, 0.4) is 0 Å². The Balaban J connectivity index is 2.65. The summed E-state index contributed by atoms with van der Waals surface area (Å²) in [6.45, 7) is -0.225. The fourth-order valence-electron chi connectivity index (χ4n) is 1.45. The monoisotopic (exact) mass is 206 g/mol. The predicted molar refractivity (Wildman–Crippen MR) is 44.4 cm³/mol. The van der Waals surface area contributed by atoms with E-state index in [0.29, 0.717) is 0 Å². The van der Waals surface area contributed by atoms with Gasteiger partial charge in [0.2, 0.25) is 0 Å². The summed E-state index contributed by atoms with van der Waals surface area (Å²) >= 11 is 0. The fourth-order valence-corrected chi connectivity index (χ4v) is 1.45. The van der Waals surface area contributed by atoms with Gasteiger partial charge in [-0.2, -0.15) is 0 Å². The third-order valence-corrected chi connectivity index (χ3v) is 2.30. The molecule has 0 bridgehead atoms. The lowest BCUT2D eigenvalue weighted by atomic mass is 9.97. The molecule has 1 rings (SSSR count). The SMILES string of the molecule is O=C(O)C1(O)CC[C@H](O)[C@H](CCO)O1. The van der Waals surface area contributed by atoms with Crippen LogP contribution < -0.4 is 0 Å². The van der Waals surface area contributed by atoms with Gasteiger partial charge in [0.15, 0.2) is 0 Å². The van der Waals surface area contributed by atoms with Crippen molar-refractivity contribution in [3.05, 3.63) is 0 Å². The quantitative estimate of drug-likeness (QED) is 0.456. The molecule has 0 spiro atoms. The summed E-state index contributed by atoms with van der Waals surface area (Å²) in [5.74, 6) is -3.69. The number of carboxylic acid groups (broad SMARTS) is 1. The third kappa shape index (κ3) is 2.21. The molecule has 0 aromatic heterocycles. The first kappa shape index (κ1) is 11.4. The lowest BCUT2D eigenvalue weighted by Gasteiger charge is -2.36. The number of aliphatic hydroxyl groups excluding tert-OH is 2. The Morgan fingerprint density at radius 1 is 1.57 bits per heavy atom. The van der Waals surface area contributed by atoms with Crippen LogP contribution in [0.25, 0.3) is 0 Å². The summed E-state index contributed by atoms with van der Waals surface area (Å²) in [5.41, 5.74) is 0. The molecule has 0 aromatic rings. The molecule has 1 unspecified atom stereocenters. The molecule has 1 aliphatic heterocycles. The zero-order valence-corrected chi connectivity index (χ0v) is 7.59. The van der Waals surface area contributed by atoms with Gasteiger partial charge in [-0.15, -0.1) is 0 Å². The second kappa shape index (κ2) is 4.22. The number of aliphatic carboxylic acids is 1. The molecule has 1 aliphatic rings. The van der Waals surface area contributed by atoms with Crippen LogP contribution in [0.15, 0.2) is 0 Å². The molecular weight excluding hydrogens is 192 g/mol. The van der Waals surface area contributed by atoms with Crippen molar-refractivity contribution in [1.82, 2.24) is 0 Å². The Morgan fingerprint density at radius 2 is 2.21 bits per heavy atom. The van der Waals surface area contributed by atoms with Crippen LogP contribution in [0, 0.1) is 0 Å². The van der Waals surface area contributed by atoms with Gasteiger partial charge in [0, 0.05) is 13.0 Å². The molecule has 1 saturated heterocycles. The summed E-state index contributed by atoms with van der Waals surface area (Å²) in [6, 6.07) is 0. The lowest BCUT2D eigenvalue weighted by Crippen LogP contribution is -2.52. The Bertz CT molecular complexity index is 218. The molecule has 0 radical (unpaired) electrons. The molecule has 4 N–H and O–H groups in total. The van der Waals surface area contributed by atoms with E-state index in [1.807, 2.05) is 0 Å². The highest BCUT2D eigenvalue weighted by Crippen LogP contribution is 2.28. The summed E-state index contributed by atoms with van der Waals surface area (Å²) < 4.78 is 4.83. The highest BCUT2D eigenvalue weighted by Gasteiger charge is 2.45. The Labute approximate surface area is 80.7 Å². The predicted octanol–water partition coefficient (Wildman–Crippen LogP) is -1.32. The molecule has 0 aromatic carbocycles. The maximum Gasteiger partial charge on any atom is 0.364 e. The molecule has 0 saturated carbocycles. The van der Waals surface area contributed by atoms with Gasteiger partial charge < -0.3 is 25.2 Å². The smallest absolute Gasteiger partial charge is 0.364 e. The van der Waals surface area contributed by atoms with Gasteiger partial charge in [-0.25, -0.2) is 4.79 Å². The minimum Gasteiger partial charge on any atom is -0.477 e. The van der Waals surface area contributed by atoms with E-state index in [0.717, 1.165) is 0 Å². The average molecular weight is 206 g/mol. The number of rotatable bonds is 3. The van der Waals surface area contributed by atoms with Crippen LogP contribution in [0.4, 0.5) is 0 Å². The molecule has 6 nitrogen and oxygen atoms in total. The number of aliphatic hydroxyl groups is 3. The molecule has 6 heteroatoms. The molecule has 0 amide bonds. The summed E-state index contributed by atoms with van der Waals surface area (Å²) in [4.78, 5) is 10.6. The van der Waals surface area contributed by atoms with Crippen LogP contribution >= 0.6 is 0 Å². The molecule has 1 fully saturated rings. The molecule has 3 atom stereocenters. The van der Waals surface area contributed by atoms with Crippen molar-refractivity contribution in [3.8, 4) is 0 Å². The van der Waals surface area contributed by atoms with E-state index in [4.69, 9.17) is 14.9 Å². The summed E-state index contributed by atoms with van der Waals surface area (Å²) in [7, 11) is 0. The van der Waals surface area contributed by atoms with E-state index in [9.17, 15) is 15.0 Å². The Morgan fingerprint density at radius 3 is 2.71 bits per heavy atom. The van der Waals surface area contributed by atoms with Crippen molar-refractivity contribution < 1.29 is 30.0 Å². The van der Waals surface area contributed by atoms with Crippen molar-refractivity contribution in [2.24, 2.45) is 0 Å². The van der Waals surface area contributed by atoms with E-state index in [2.05, 4.69) is 0 Å². The summed E-state index contributed by atoms with van der Waals surface area (Å²) in [5, 5.41) is 36.1. The van der Waals surface area contributed by atoms with Crippen molar-refractivity contribution >= 4 is 5.97 Å². The average Bonchev–Trinajstić information content (AvgIpc) is 2.12. The van der Waals surface area contributed by atoms with Gasteiger partial charge in [-0.3, -0.25) is 0 Å². The Kier molecular flexibility index (Phi) is 3.43. The van der Waals surface area contributed by atoms with E-state index in [1.165, 1.54) is 0 Å². The highest BCUT2D eigenvalue weighted by molar-refractivity contribution is 5.75. The first-order valence-corrected chi connectivity index (χ1v) is 4.42. The highest BCUT2D eigenvalue weighted by atomic mass is 16.7. The number of hydrogen-bond donors (Lipinski definition) is 4. The lowest BCUT2D eigenvalue weighted by molar-refractivity contribution is -0.275. The van der Waals surface area contributed by atoms with Crippen molar-refractivity contribution in [3.63, 3.8) is 0 Å². The van der Waals surface area contributed by atoms with E-state index < -0.39 is 24.0 Å². The molecule has 14 heavy (non-hydrogen) atoms. The first-order valence-electron chi connectivity index (χ1n) is 4.42. The molecule has 1 heterocycles. The number of carbonyl (C=O) groups is 1. The maximum atomic E-state index is 10.6. The van der Waals surface area contributed by atoms with Crippen LogP contribution in [0.2, 0.25) is 0 Å². The molecule has 82 valence electrons. The third-order valence-electron chi connectivity index (χ3n) is 2.30.